The summed E-state index contributed by atoms with van der Waals surface area (Å²) < 4.78 is 0. The van der Waals surface area contributed by atoms with Crippen LogP contribution in [0.25, 0.3) is 0 Å². The Hall–Kier alpha value is -0.870. The van der Waals surface area contributed by atoms with Crippen LogP contribution in [0.2, 0.25) is 0 Å². The average molecular weight is 223 g/mol. The number of carbonyl (C=O) groups excluding carboxylic acids is 1. The maximum absolute atomic E-state index is 11.5. The Kier molecular flexibility index (Phi) is 3.96. The Morgan fingerprint density at radius 1 is 1.56 bits per heavy atom. The molecule has 4 nitrogen and oxygen atoms in total. The van der Waals surface area contributed by atoms with Crippen molar-refractivity contribution in [3.63, 3.8) is 0 Å². The highest BCUT2D eigenvalue weighted by Gasteiger charge is 2.34. The minimum absolute atomic E-state index is 0.110. The quantitative estimate of drug-likeness (QED) is 0.658. The summed E-state index contributed by atoms with van der Waals surface area (Å²) in [6, 6.07) is 0.612. The third kappa shape index (κ3) is 2.83. The topological polar surface area (TPSA) is 44.4 Å². The summed E-state index contributed by atoms with van der Waals surface area (Å²) in [6.07, 6.45) is 4.29. The number of fused-ring (bicyclic) bond motifs is 1. The maximum Gasteiger partial charge on any atom is 0.234 e. The molecule has 1 amide bonds. The molecule has 0 bridgehead atoms. The Balaban J connectivity index is 1.75. The summed E-state index contributed by atoms with van der Waals surface area (Å²) in [5, 5.41) is 6.36. The van der Waals surface area contributed by atoms with Gasteiger partial charge in [0.25, 0.3) is 0 Å². The van der Waals surface area contributed by atoms with E-state index in [9.17, 15) is 4.79 Å². The van der Waals surface area contributed by atoms with Crippen LogP contribution in [0.4, 0.5) is 0 Å². The molecule has 90 valence electrons. The van der Waals surface area contributed by atoms with Crippen molar-refractivity contribution in [2.75, 3.05) is 32.7 Å². The van der Waals surface area contributed by atoms with Gasteiger partial charge in [0.15, 0.2) is 0 Å². The van der Waals surface area contributed by atoms with Crippen LogP contribution in [0, 0.1) is 5.92 Å². The lowest BCUT2D eigenvalue weighted by atomic mass is 9.94. The second-order valence-corrected chi connectivity index (χ2v) is 4.75. The van der Waals surface area contributed by atoms with E-state index in [2.05, 4.69) is 22.1 Å². The van der Waals surface area contributed by atoms with E-state index >= 15 is 0 Å². The molecule has 2 aliphatic heterocycles. The number of likely N-dealkylation sites (tertiary alicyclic amines) is 1. The van der Waals surface area contributed by atoms with Crippen LogP contribution in [-0.2, 0) is 4.79 Å². The Morgan fingerprint density at radius 2 is 2.44 bits per heavy atom. The van der Waals surface area contributed by atoms with E-state index in [0.29, 0.717) is 19.1 Å². The van der Waals surface area contributed by atoms with Crippen LogP contribution < -0.4 is 10.6 Å². The van der Waals surface area contributed by atoms with Gasteiger partial charge in [0.05, 0.1) is 6.54 Å². The lowest BCUT2D eigenvalue weighted by Gasteiger charge is -2.24. The first-order valence-corrected chi connectivity index (χ1v) is 6.13. The van der Waals surface area contributed by atoms with Crippen molar-refractivity contribution in [1.82, 2.24) is 15.5 Å². The van der Waals surface area contributed by atoms with E-state index in [1.807, 2.05) is 0 Å². The van der Waals surface area contributed by atoms with E-state index in [-0.39, 0.29) is 5.91 Å². The van der Waals surface area contributed by atoms with Gasteiger partial charge in [-0.15, -0.1) is 6.58 Å². The lowest BCUT2D eigenvalue weighted by molar-refractivity contribution is -0.121. The van der Waals surface area contributed by atoms with Gasteiger partial charge in [-0.3, -0.25) is 9.69 Å². The van der Waals surface area contributed by atoms with Gasteiger partial charge in [-0.2, -0.15) is 0 Å². The number of piperidine rings is 1. The van der Waals surface area contributed by atoms with Crippen molar-refractivity contribution in [2.45, 2.75) is 18.9 Å². The number of rotatable bonds is 4. The molecule has 2 saturated heterocycles. The molecule has 2 aliphatic rings. The van der Waals surface area contributed by atoms with Gasteiger partial charge in [0.1, 0.15) is 0 Å². The molecule has 0 spiro atoms. The molecule has 0 radical (unpaired) electrons. The van der Waals surface area contributed by atoms with Crippen LogP contribution in [0.5, 0.6) is 0 Å². The molecular weight excluding hydrogens is 202 g/mol. The summed E-state index contributed by atoms with van der Waals surface area (Å²) in [4.78, 5) is 13.8. The highest BCUT2D eigenvalue weighted by atomic mass is 16.2. The van der Waals surface area contributed by atoms with Gasteiger partial charge in [-0.05, 0) is 25.3 Å². The van der Waals surface area contributed by atoms with Crippen LogP contribution in [-0.4, -0.2) is 49.6 Å². The first kappa shape index (κ1) is 11.6. The molecule has 2 rings (SSSR count). The monoisotopic (exact) mass is 223 g/mol. The van der Waals surface area contributed by atoms with E-state index in [1.165, 1.54) is 12.8 Å². The SMILES string of the molecule is C=CCNC(=O)CN1C[C@@H]2CCCN[C@@H]2C1. The number of hydrogen-bond acceptors (Lipinski definition) is 3. The molecule has 0 aliphatic carbocycles. The molecule has 2 fully saturated rings. The van der Waals surface area contributed by atoms with Gasteiger partial charge >= 0.3 is 0 Å². The van der Waals surface area contributed by atoms with E-state index in [1.54, 1.807) is 6.08 Å². The van der Waals surface area contributed by atoms with Crippen molar-refractivity contribution in [1.29, 1.82) is 0 Å². The average Bonchev–Trinajstić information content (AvgIpc) is 2.68. The van der Waals surface area contributed by atoms with E-state index in [0.717, 1.165) is 25.6 Å². The van der Waals surface area contributed by atoms with Gasteiger partial charge in [0.2, 0.25) is 5.91 Å². The third-order valence-electron chi connectivity index (χ3n) is 3.49. The molecule has 0 saturated carbocycles. The second-order valence-electron chi connectivity index (χ2n) is 4.75. The van der Waals surface area contributed by atoms with Gasteiger partial charge < -0.3 is 10.6 Å². The number of nitrogens with zero attached hydrogens (tertiary/aromatic N) is 1. The highest BCUT2D eigenvalue weighted by Crippen LogP contribution is 2.24. The largest absolute Gasteiger partial charge is 0.352 e. The number of nitrogens with one attached hydrogen (secondary N) is 2. The summed E-state index contributed by atoms with van der Waals surface area (Å²) in [6.45, 7) is 7.91. The normalized spacial score (nSPS) is 29.8. The first-order chi connectivity index (χ1) is 7.79. The zero-order valence-electron chi connectivity index (χ0n) is 9.74. The number of hydrogen-bond donors (Lipinski definition) is 2. The molecule has 0 aromatic carbocycles. The molecule has 2 atom stereocenters. The maximum atomic E-state index is 11.5. The van der Waals surface area contributed by atoms with Crippen LogP contribution in [0.3, 0.4) is 0 Å². The van der Waals surface area contributed by atoms with Crippen molar-refractivity contribution in [3.8, 4) is 0 Å². The molecule has 4 heteroatoms. The standard InChI is InChI=1S/C12H21N3O/c1-2-5-14-12(16)9-15-7-10-4-3-6-13-11(10)8-15/h2,10-11,13H,1,3-9H2,(H,14,16)/t10-,11+/m0/s1. The summed E-state index contributed by atoms with van der Waals surface area (Å²) in [5.41, 5.74) is 0. The van der Waals surface area contributed by atoms with Crippen LogP contribution >= 0.6 is 0 Å². The molecule has 2 heterocycles. The molecule has 2 N–H and O–H groups in total. The van der Waals surface area contributed by atoms with Gasteiger partial charge in [-0.25, -0.2) is 0 Å². The summed E-state index contributed by atoms with van der Waals surface area (Å²) in [7, 11) is 0. The minimum atomic E-state index is 0.110. The highest BCUT2D eigenvalue weighted by molar-refractivity contribution is 5.78. The number of amides is 1. The predicted molar refractivity (Wildman–Crippen MR) is 64.2 cm³/mol. The Bertz CT molecular complexity index is 253. The Labute approximate surface area is 97.1 Å². The zero-order chi connectivity index (χ0) is 11.4. The molecular formula is C12H21N3O. The molecule has 16 heavy (non-hydrogen) atoms. The number of carbonyl (C=O) groups is 1. The Morgan fingerprint density at radius 3 is 3.19 bits per heavy atom. The first-order valence-electron chi connectivity index (χ1n) is 6.13. The fourth-order valence-electron chi connectivity index (χ4n) is 2.71. The molecule has 0 aromatic heterocycles. The zero-order valence-corrected chi connectivity index (χ0v) is 9.74. The fraction of sp³-hybridized carbons (Fsp3) is 0.750. The summed E-state index contributed by atoms with van der Waals surface area (Å²) in [5.74, 6) is 0.861. The van der Waals surface area contributed by atoms with Crippen molar-refractivity contribution >= 4 is 5.91 Å². The van der Waals surface area contributed by atoms with Crippen molar-refractivity contribution in [2.24, 2.45) is 5.92 Å². The van der Waals surface area contributed by atoms with E-state index in [4.69, 9.17) is 0 Å². The lowest BCUT2D eigenvalue weighted by Crippen LogP contribution is -2.41. The molecule has 0 unspecified atom stereocenters. The van der Waals surface area contributed by atoms with Crippen molar-refractivity contribution in [3.05, 3.63) is 12.7 Å². The van der Waals surface area contributed by atoms with Gasteiger partial charge in [0, 0.05) is 25.7 Å². The minimum Gasteiger partial charge on any atom is -0.352 e. The van der Waals surface area contributed by atoms with Crippen molar-refractivity contribution < 1.29 is 4.79 Å². The third-order valence-corrected chi connectivity index (χ3v) is 3.49. The fourth-order valence-corrected chi connectivity index (χ4v) is 2.71. The van der Waals surface area contributed by atoms with E-state index < -0.39 is 0 Å². The predicted octanol–water partition coefficient (Wildman–Crippen LogP) is -0.0276. The second kappa shape index (κ2) is 5.46. The van der Waals surface area contributed by atoms with Crippen LogP contribution in [0.15, 0.2) is 12.7 Å². The molecule has 0 aromatic rings. The van der Waals surface area contributed by atoms with Crippen LogP contribution in [0.1, 0.15) is 12.8 Å². The van der Waals surface area contributed by atoms with Gasteiger partial charge in [-0.1, -0.05) is 6.08 Å². The smallest absolute Gasteiger partial charge is 0.234 e. The summed E-state index contributed by atoms with van der Waals surface area (Å²) >= 11 is 0.